The first-order valence-electron chi connectivity index (χ1n) is 18.8. The number of hydrogen-bond donors (Lipinski definition) is 0. The van der Waals surface area contributed by atoms with E-state index in [1.807, 2.05) is 20.8 Å². The van der Waals surface area contributed by atoms with Gasteiger partial charge in [-0.1, -0.05) is 54.4 Å². The maximum atomic E-state index is 12.1. The van der Waals surface area contributed by atoms with Gasteiger partial charge in [0.1, 0.15) is 30.6 Å². The van der Waals surface area contributed by atoms with Gasteiger partial charge in [0, 0.05) is 62.2 Å². The van der Waals surface area contributed by atoms with Crippen molar-refractivity contribution in [2.24, 2.45) is 10.8 Å². The molecule has 298 valence electrons. The highest BCUT2D eigenvalue weighted by Gasteiger charge is 2.23. The highest BCUT2D eigenvalue weighted by molar-refractivity contribution is 5.87. The molecule has 0 aromatic rings. The number of hydrogen-bond acceptors (Lipinski definition) is 13. The Morgan fingerprint density at radius 2 is 0.596 bits per heavy atom. The van der Waals surface area contributed by atoms with E-state index in [-0.39, 0.29) is 101 Å². The molecule has 13 heteroatoms. The molecule has 0 spiro atoms. The van der Waals surface area contributed by atoms with Crippen molar-refractivity contribution in [2.75, 3.05) is 33.0 Å². The molecule has 0 radical (unpaired) electrons. The summed E-state index contributed by atoms with van der Waals surface area (Å²) in [5, 5.41) is 0. The average molecular weight is 741 g/mol. The summed E-state index contributed by atoms with van der Waals surface area (Å²) in [6.07, 6.45) is 7.24. The van der Waals surface area contributed by atoms with Gasteiger partial charge in [0.2, 0.25) is 0 Å². The van der Waals surface area contributed by atoms with Crippen molar-refractivity contribution in [3.8, 4) is 0 Å². The van der Waals surface area contributed by atoms with E-state index in [1.54, 1.807) is 20.8 Å². The van der Waals surface area contributed by atoms with Crippen LogP contribution in [0.15, 0.2) is 0 Å². The van der Waals surface area contributed by atoms with Gasteiger partial charge in [-0.3, -0.25) is 38.4 Å². The molecule has 13 nitrogen and oxygen atoms in total. The minimum absolute atomic E-state index is 0.0105. The van der Waals surface area contributed by atoms with E-state index >= 15 is 0 Å². The Labute approximate surface area is 309 Å². The van der Waals surface area contributed by atoms with Crippen LogP contribution in [-0.4, -0.2) is 80.2 Å². The van der Waals surface area contributed by atoms with Crippen LogP contribution in [0, 0.1) is 10.8 Å². The molecule has 52 heavy (non-hydrogen) atoms. The van der Waals surface area contributed by atoms with E-state index in [2.05, 4.69) is 0 Å². The van der Waals surface area contributed by atoms with Crippen LogP contribution in [0.25, 0.3) is 0 Å². The maximum Gasteiger partial charge on any atom is 0.306 e. The summed E-state index contributed by atoms with van der Waals surface area (Å²) < 4.78 is 25.4. The van der Waals surface area contributed by atoms with Gasteiger partial charge in [-0.05, 0) is 38.5 Å². The number of ketones is 3. The van der Waals surface area contributed by atoms with E-state index in [4.69, 9.17) is 23.7 Å². The molecule has 0 bridgehead atoms. The minimum atomic E-state index is -0.495. The Balaban J connectivity index is 3.63. The van der Waals surface area contributed by atoms with Crippen molar-refractivity contribution in [3.63, 3.8) is 0 Å². The van der Waals surface area contributed by atoms with Gasteiger partial charge in [-0.25, -0.2) is 0 Å². The second kappa shape index (κ2) is 27.9. The molecule has 0 atom stereocenters. The molecule has 0 aliphatic rings. The molecule has 0 amide bonds. The summed E-state index contributed by atoms with van der Waals surface area (Å²) in [7, 11) is 0. The van der Waals surface area contributed by atoms with Crippen LogP contribution in [0.2, 0.25) is 0 Å². The fraction of sp³-hybridized carbons (Fsp3) is 0.795. The van der Waals surface area contributed by atoms with Crippen molar-refractivity contribution in [3.05, 3.63) is 0 Å². The predicted molar refractivity (Wildman–Crippen MR) is 192 cm³/mol. The molecule has 0 aromatic heterocycles. The lowest BCUT2D eigenvalue weighted by Crippen LogP contribution is -2.21. The van der Waals surface area contributed by atoms with Crippen molar-refractivity contribution < 1.29 is 62.0 Å². The third-order valence-corrected chi connectivity index (χ3v) is 7.92. The van der Waals surface area contributed by atoms with Crippen molar-refractivity contribution >= 4 is 47.2 Å². The Bertz CT molecular complexity index is 1130. The highest BCUT2D eigenvalue weighted by atomic mass is 16.6. The number of unbranched alkanes of at least 4 members (excludes halogenated alkanes) is 5. The van der Waals surface area contributed by atoms with Gasteiger partial charge in [-0.15, -0.1) is 0 Å². The Morgan fingerprint density at radius 3 is 0.981 bits per heavy atom. The predicted octanol–water partition coefficient (Wildman–Crippen LogP) is 6.52. The molecule has 0 saturated carbocycles. The zero-order chi connectivity index (χ0) is 39.4. The van der Waals surface area contributed by atoms with Crippen molar-refractivity contribution in [2.45, 2.75) is 157 Å². The lowest BCUT2D eigenvalue weighted by Gasteiger charge is -2.15. The lowest BCUT2D eigenvalue weighted by atomic mass is 9.88. The second-order valence-corrected chi connectivity index (χ2v) is 14.9. The van der Waals surface area contributed by atoms with E-state index < -0.39 is 34.7 Å². The third kappa shape index (κ3) is 29.0. The van der Waals surface area contributed by atoms with Crippen LogP contribution in [0.5, 0.6) is 0 Å². The second-order valence-electron chi connectivity index (χ2n) is 14.9. The Morgan fingerprint density at radius 1 is 0.308 bits per heavy atom. The van der Waals surface area contributed by atoms with Gasteiger partial charge in [0.05, 0.1) is 32.7 Å². The average Bonchev–Trinajstić information content (AvgIpc) is 3.06. The number of rotatable bonds is 30. The molecular formula is C39H64O13. The fourth-order valence-electron chi connectivity index (χ4n) is 4.50. The third-order valence-electron chi connectivity index (χ3n) is 7.92. The van der Waals surface area contributed by atoms with E-state index in [0.29, 0.717) is 51.4 Å². The summed E-state index contributed by atoms with van der Waals surface area (Å²) in [4.78, 5) is 94.9. The van der Waals surface area contributed by atoms with E-state index in [1.165, 1.54) is 0 Å². The number of carbonyl (C=O) groups excluding carboxylic acids is 8. The molecular weight excluding hydrogens is 676 g/mol. The largest absolute Gasteiger partial charge is 0.466 e. The topological polar surface area (TPSA) is 183 Å². The summed E-state index contributed by atoms with van der Waals surface area (Å²) in [6.45, 7) is 11.2. The summed E-state index contributed by atoms with van der Waals surface area (Å²) in [5.74, 6) is -1.93. The van der Waals surface area contributed by atoms with Gasteiger partial charge < -0.3 is 23.7 Å². The first kappa shape index (κ1) is 48.4. The first-order chi connectivity index (χ1) is 24.4. The van der Waals surface area contributed by atoms with E-state index in [0.717, 1.165) is 19.3 Å². The van der Waals surface area contributed by atoms with E-state index in [9.17, 15) is 38.4 Å². The lowest BCUT2D eigenvalue weighted by molar-refractivity contribution is -0.152. The van der Waals surface area contributed by atoms with Gasteiger partial charge in [-0.2, -0.15) is 0 Å². The summed E-state index contributed by atoms with van der Waals surface area (Å²) >= 11 is 0. The molecule has 0 aromatic carbocycles. The molecule has 0 aliphatic heterocycles. The van der Waals surface area contributed by atoms with Gasteiger partial charge >= 0.3 is 29.8 Å². The first-order valence-corrected chi connectivity index (χ1v) is 18.8. The molecule has 0 aliphatic carbocycles. The standard InChI is InChI=1S/C39H64O13/c1-38(2,3)31(41)21-23-36(46)48-25-14-13-17-30(40)16-9-7-8-10-18-34(44)51-28-29-52-35(45)20-12-11-19-33(43)49-26-15-27-50-37(47)24-22-32(42)39(4,5)6/h7-29H2,1-6H3. The molecule has 0 fully saturated rings. The summed E-state index contributed by atoms with van der Waals surface area (Å²) in [6, 6.07) is 0. The quantitative estimate of drug-likeness (QED) is 0.0441. The zero-order valence-corrected chi connectivity index (χ0v) is 32.6. The van der Waals surface area contributed by atoms with Crippen LogP contribution in [0.3, 0.4) is 0 Å². The maximum absolute atomic E-state index is 12.1. The number of ether oxygens (including phenoxy) is 5. The van der Waals surface area contributed by atoms with Crippen LogP contribution in [-0.2, 0) is 62.0 Å². The minimum Gasteiger partial charge on any atom is -0.466 e. The summed E-state index contributed by atoms with van der Waals surface area (Å²) in [5.41, 5.74) is -0.964. The van der Waals surface area contributed by atoms with Crippen LogP contribution >= 0.6 is 0 Å². The number of Topliss-reactive ketones (excluding diaryl/α,β-unsaturated/α-hetero) is 3. The van der Waals surface area contributed by atoms with Crippen LogP contribution < -0.4 is 0 Å². The molecule has 0 heterocycles. The molecule has 0 saturated heterocycles. The Hall–Kier alpha value is -3.64. The monoisotopic (exact) mass is 740 g/mol. The Kier molecular flexibility index (Phi) is 26.0. The molecule has 0 N–H and O–H groups in total. The normalized spacial score (nSPS) is 11.3. The highest BCUT2D eigenvalue weighted by Crippen LogP contribution is 2.19. The molecule has 0 unspecified atom stereocenters. The van der Waals surface area contributed by atoms with Crippen LogP contribution in [0.4, 0.5) is 0 Å². The van der Waals surface area contributed by atoms with Crippen molar-refractivity contribution in [1.29, 1.82) is 0 Å². The SMILES string of the molecule is CC(C)(C)C(=O)CCC(=O)OCCCCC(=O)CCCCCCC(=O)OCCOC(=O)CCCCC(=O)OCCCOC(=O)CCC(=O)C(C)(C)C. The smallest absolute Gasteiger partial charge is 0.306 e. The fourth-order valence-corrected chi connectivity index (χ4v) is 4.50. The van der Waals surface area contributed by atoms with Gasteiger partial charge in [0.25, 0.3) is 0 Å². The van der Waals surface area contributed by atoms with Crippen molar-refractivity contribution in [1.82, 2.24) is 0 Å². The van der Waals surface area contributed by atoms with Gasteiger partial charge in [0.15, 0.2) is 0 Å². The zero-order valence-electron chi connectivity index (χ0n) is 32.6. The van der Waals surface area contributed by atoms with Crippen LogP contribution in [0.1, 0.15) is 157 Å². The number of carbonyl (C=O) groups is 8. The molecule has 0 rings (SSSR count). The number of esters is 5.